The highest BCUT2D eigenvalue weighted by atomic mass is 35.5. The smallest absolute Gasteiger partial charge is 0.422 e. The Bertz CT molecular complexity index is 1160. The lowest BCUT2D eigenvalue weighted by Gasteiger charge is -2.37. The Hall–Kier alpha value is -2.95. The largest absolute Gasteiger partial charge is 0.464 e. The molecule has 12 heteroatoms. The minimum absolute atomic E-state index is 0.0233. The van der Waals surface area contributed by atoms with Crippen LogP contribution >= 0.6 is 23.2 Å². The lowest BCUT2D eigenvalue weighted by molar-refractivity contribution is -0.274. The van der Waals surface area contributed by atoms with E-state index >= 15 is 0 Å². The predicted molar refractivity (Wildman–Crippen MR) is 113 cm³/mol. The van der Waals surface area contributed by atoms with Crippen LogP contribution < -0.4 is 4.74 Å². The molecule has 33 heavy (non-hydrogen) atoms. The summed E-state index contributed by atoms with van der Waals surface area (Å²) < 4.78 is 52.4. The number of esters is 1. The summed E-state index contributed by atoms with van der Waals surface area (Å²) in [6, 6.07) is 8.61. The van der Waals surface area contributed by atoms with Gasteiger partial charge in [0, 0.05) is 23.2 Å². The number of aromatic nitrogens is 3. The molecule has 0 fully saturated rings. The first kappa shape index (κ1) is 24.7. The molecule has 0 bridgehead atoms. The fraction of sp³-hybridized carbons (Fsp3) is 0.238. The summed E-state index contributed by atoms with van der Waals surface area (Å²) in [5.41, 5.74) is -3.92. The van der Waals surface area contributed by atoms with E-state index in [1.54, 1.807) is 0 Å². The summed E-state index contributed by atoms with van der Waals surface area (Å²) in [5, 5.41) is 18.1. The Morgan fingerprint density at radius 1 is 1.09 bits per heavy atom. The van der Waals surface area contributed by atoms with Crippen molar-refractivity contribution in [2.75, 3.05) is 7.11 Å². The van der Waals surface area contributed by atoms with Gasteiger partial charge in [0.15, 0.2) is 11.3 Å². The van der Waals surface area contributed by atoms with Crippen molar-refractivity contribution in [3.8, 4) is 11.6 Å². The van der Waals surface area contributed by atoms with Crippen LogP contribution in [0.3, 0.4) is 0 Å². The van der Waals surface area contributed by atoms with Crippen molar-refractivity contribution in [2.24, 2.45) is 0 Å². The van der Waals surface area contributed by atoms with E-state index in [9.17, 15) is 23.1 Å². The Labute approximate surface area is 196 Å². The van der Waals surface area contributed by atoms with Crippen LogP contribution in [0, 0.1) is 0 Å². The molecule has 2 heterocycles. The van der Waals surface area contributed by atoms with Crippen LogP contribution in [-0.4, -0.2) is 39.5 Å². The van der Waals surface area contributed by atoms with Gasteiger partial charge < -0.3 is 14.6 Å². The number of rotatable bonds is 6. The molecule has 174 valence electrons. The van der Waals surface area contributed by atoms with Crippen molar-refractivity contribution >= 4 is 29.2 Å². The molecular weight excluding hydrogens is 486 g/mol. The van der Waals surface area contributed by atoms with Gasteiger partial charge in [-0.2, -0.15) is 13.2 Å². The average Bonchev–Trinajstić information content (AvgIpc) is 2.78. The fourth-order valence-electron chi connectivity index (χ4n) is 3.15. The van der Waals surface area contributed by atoms with E-state index in [2.05, 4.69) is 19.9 Å². The maximum atomic E-state index is 14.1. The Morgan fingerprint density at radius 2 is 1.82 bits per heavy atom. The maximum absolute atomic E-state index is 14.1. The second kappa shape index (κ2) is 9.50. The van der Waals surface area contributed by atoms with Gasteiger partial charge in [0.1, 0.15) is 10.9 Å². The molecule has 3 aromatic rings. The molecule has 0 amide bonds. The third kappa shape index (κ3) is 5.02. The number of carbonyl (C=O) groups is 1. The molecule has 0 aliphatic heterocycles. The normalized spacial score (nSPS) is 14.3. The number of ether oxygens (including phenoxy) is 2. The quantitative estimate of drug-likeness (QED) is 0.361. The van der Waals surface area contributed by atoms with Crippen molar-refractivity contribution in [2.45, 2.75) is 24.6 Å². The summed E-state index contributed by atoms with van der Waals surface area (Å²) >= 11 is 11.9. The van der Waals surface area contributed by atoms with Gasteiger partial charge in [0.25, 0.3) is 0 Å². The molecule has 0 unspecified atom stereocenters. The molecule has 0 aliphatic carbocycles. The maximum Gasteiger partial charge on any atom is 0.422 e. The van der Waals surface area contributed by atoms with E-state index in [1.165, 1.54) is 44.4 Å². The molecule has 2 atom stereocenters. The van der Waals surface area contributed by atoms with Gasteiger partial charge in [-0.15, -0.1) is 10.2 Å². The molecular formula is C21H16Cl2F3N3O4. The minimum Gasteiger partial charge on any atom is -0.464 e. The van der Waals surface area contributed by atoms with Crippen molar-refractivity contribution in [3.63, 3.8) is 0 Å². The first-order valence-corrected chi connectivity index (χ1v) is 10.0. The zero-order valence-corrected chi connectivity index (χ0v) is 18.6. The summed E-state index contributed by atoms with van der Waals surface area (Å²) in [4.78, 5) is 15.1. The standard InChI is InChI=1S/C21H16Cl2F3N3O4/c1-11(20(31,21(24,25)26)12-7-8-27-17(23)9-12)14-10-13(3-4-15(14)22)33-18-6-5-16(28-29-18)19(30)32-2/h3-11,31H,1-2H3/t11-,20-/m1/s1. The zero-order valence-electron chi connectivity index (χ0n) is 17.1. The summed E-state index contributed by atoms with van der Waals surface area (Å²) in [6.07, 6.45) is -4.01. The second-order valence-corrected chi connectivity index (χ2v) is 7.68. The number of halogens is 5. The van der Waals surface area contributed by atoms with E-state index in [0.29, 0.717) is 0 Å². The van der Waals surface area contributed by atoms with Gasteiger partial charge in [-0.1, -0.05) is 30.1 Å². The SMILES string of the molecule is COC(=O)c1ccc(Oc2ccc(Cl)c([C@@H](C)[C@@](O)(c3ccnc(Cl)c3)C(F)(F)F)c2)nn1. The molecule has 1 aromatic carbocycles. The van der Waals surface area contributed by atoms with Gasteiger partial charge in [-0.3, -0.25) is 0 Å². The minimum atomic E-state index is -5.08. The van der Waals surface area contributed by atoms with Crippen LogP contribution in [0.15, 0.2) is 48.7 Å². The Kier molecular flexibility index (Phi) is 7.11. The van der Waals surface area contributed by atoms with Gasteiger partial charge in [-0.25, -0.2) is 9.78 Å². The van der Waals surface area contributed by atoms with E-state index in [-0.39, 0.29) is 33.1 Å². The number of aliphatic hydroxyl groups is 1. The number of alkyl halides is 3. The highest BCUT2D eigenvalue weighted by molar-refractivity contribution is 6.31. The van der Waals surface area contributed by atoms with Crippen molar-refractivity contribution in [1.82, 2.24) is 15.2 Å². The van der Waals surface area contributed by atoms with Crippen LogP contribution in [0.5, 0.6) is 11.6 Å². The third-order valence-corrected chi connectivity index (χ3v) is 5.47. The molecule has 0 saturated heterocycles. The number of methoxy groups -OCH3 is 1. The number of pyridine rings is 1. The van der Waals surface area contributed by atoms with Crippen LogP contribution in [0.1, 0.15) is 34.5 Å². The highest BCUT2D eigenvalue weighted by Crippen LogP contribution is 2.50. The summed E-state index contributed by atoms with van der Waals surface area (Å²) in [5.74, 6) is -2.21. The Balaban J connectivity index is 1.98. The second-order valence-electron chi connectivity index (χ2n) is 6.89. The molecule has 7 nitrogen and oxygen atoms in total. The first-order valence-electron chi connectivity index (χ1n) is 9.28. The van der Waals surface area contributed by atoms with E-state index in [1.807, 2.05) is 0 Å². The number of carbonyl (C=O) groups excluding carboxylic acids is 1. The first-order chi connectivity index (χ1) is 15.5. The lowest BCUT2D eigenvalue weighted by Crippen LogP contribution is -2.46. The Morgan fingerprint density at radius 3 is 2.39 bits per heavy atom. The van der Waals surface area contributed by atoms with Crippen molar-refractivity contribution < 1.29 is 32.5 Å². The number of benzene rings is 1. The molecule has 0 aliphatic rings. The zero-order chi connectivity index (χ0) is 24.4. The predicted octanol–water partition coefficient (Wildman–Crippen LogP) is 5.31. The molecule has 0 spiro atoms. The number of nitrogens with zero attached hydrogens (tertiary/aromatic N) is 3. The molecule has 0 radical (unpaired) electrons. The topological polar surface area (TPSA) is 94.4 Å². The van der Waals surface area contributed by atoms with Crippen LogP contribution in [0.25, 0.3) is 0 Å². The van der Waals surface area contributed by atoms with Crippen LogP contribution in [0.4, 0.5) is 13.2 Å². The molecule has 0 saturated carbocycles. The van der Waals surface area contributed by atoms with Gasteiger partial charge in [0.05, 0.1) is 7.11 Å². The molecule has 1 N–H and O–H groups in total. The monoisotopic (exact) mass is 501 g/mol. The van der Waals surface area contributed by atoms with Gasteiger partial charge in [0.2, 0.25) is 5.88 Å². The number of hydrogen-bond acceptors (Lipinski definition) is 7. The highest BCUT2D eigenvalue weighted by Gasteiger charge is 2.59. The van der Waals surface area contributed by atoms with Crippen LogP contribution in [-0.2, 0) is 10.3 Å². The third-order valence-electron chi connectivity index (χ3n) is 4.92. The van der Waals surface area contributed by atoms with E-state index in [0.717, 1.165) is 18.3 Å². The average molecular weight is 502 g/mol. The fourth-order valence-corrected chi connectivity index (χ4v) is 3.60. The van der Waals surface area contributed by atoms with E-state index < -0.39 is 29.2 Å². The van der Waals surface area contributed by atoms with Crippen molar-refractivity contribution in [1.29, 1.82) is 0 Å². The summed E-state index contributed by atoms with van der Waals surface area (Å²) in [7, 11) is 1.19. The van der Waals surface area contributed by atoms with E-state index in [4.69, 9.17) is 27.9 Å². The molecule has 2 aromatic heterocycles. The number of hydrogen-bond donors (Lipinski definition) is 1. The summed E-state index contributed by atoms with van der Waals surface area (Å²) in [6.45, 7) is 1.18. The van der Waals surface area contributed by atoms with Gasteiger partial charge in [-0.05, 0) is 47.5 Å². The van der Waals surface area contributed by atoms with Crippen molar-refractivity contribution in [3.05, 3.63) is 75.7 Å². The van der Waals surface area contributed by atoms with Gasteiger partial charge >= 0.3 is 12.1 Å². The molecule has 3 rings (SSSR count). The lowest BCUT2D eigenvalue weighted by atomic mass is 9.78. The van der Waals surface area contributed by atoms with Crippen LogP contribution in [0.2, 0.25) is 10.2 Å².